The molecule has 0 radical (unpaired) electrons. The Morgan fingerprint density at radius 1 is 1.53 bits per heavy atom. The highest BCUT2D eigenvalue weighted by atomic mass is 19.4. The van der Waals surface area contributed by atoms with E-state index in [4.69, 9.17) is 9.84 Å². The predicted molar refractivity (Wildman–Crippen MR) is 58.3 cm³/mol. The second-order valence-corrected chi connectivity index (χ2v) is 4.20. The Bertz CT molecular complexity index is 517. The first kappa shape index (κ1) is 13.3. The van der Waals surface area contributed by atoms with E-state index in [1.165, 1.54) is 13.0 Å². The number of ether oxygens (including phenoxy) is 2. The molecule has 0 fully saturated rings. The molecule has 1 heterocycles. The van der Waals surface area contributed by atoms with Crippen LogP contribution in [0.5, 0.6) is 11.5 Å². The van der Waals surface area contributed by atoms with Crippen LogP contribution >= 0.6 is 0 Å². The first-order valence-corrected chi connectivity index (χ1v) is 5.26. The summed E-state index contributed by atoms with van der Waals surface area (Å²) < 4.78 is 45.2. The minimum Gasteiger partial charge on any atom is -0.478 e. The number of carboxylic acid groups (broad SMARTS) is 1. The van der Waals surface area contributed by atoms with Crippen LogP contribution < -0.4 is 14.8 Å². The van der Waals surface area contributed by atoms with E-state index in [-0.39, 0.29) is 18.0 Å². The van der Waals surface area contributed by atoms with Crippen molar-refractivity contribution in [2.45, 2.75) is 18.9 Å². The molecule has 8 heteroatoms. The second kappa shape index (κ2) is 4.22. The lowest BCUT2D eigenvalue weighted by Crippen LogP contribution is -2.49. The number of anilines is 1. The summed E-state index contributed by atoms with van der Waals surface area (Å²) in [5.41, 5.74) is -1.21. The summed E-state index contributed by atoms with van der Waals surface area (Å²) in [7, 11) is 0. The third-order valence-corrected chi connectivity index (χ3v) is 2.59. The van der Waals surface area contributed by atoms with Crippen molar-refractivity contribution < 1.29 is 32.5 Å². The van der Waals surface area contributed by atoms with Gasteiger partial charge in [-0.25, -0.2) is 4.79 Å². The van der Waals surface area contributed by atoms with Gasteiger partial charge in [-0.15, -0.1) is 13.2 Å². The van der Waals surface area contributed by atoms with Crippen molar-refractivity contribution in [2.24, 2.45) is 0 Å². The van der Waals surface area contributed by atoms with Crippen LogP contribution in [0.25, 0.3) is 0 Å². The molecule has 19 heavy (non-hydrogen) atoms. The highest BCUT2D eigenvalue weighted by molar-refractivity contribution is 5.80. The summed E-state index contributed by atoms with van der Waals surface area (Å²) in [6, 6.07) is 3.38. The molecule has 1 aliphatic rings. The third kappa shape index (κ3) is 2.83. The van der Waals surface area contributed by atoms with Crippen molar-refractivity contribution in [3.05, 3.63) is 18.2 Å². The average molecular weight is 277 g/mol. The molecular weight excluding hydrogens is 267 g/mol. The van der Waals surface area contributed by atoms with Crippen LogP contribution in [0.3, 0.4) is 0 Å². The maximum atomic E-state index is 12.1. The SMILES string of the molecule is CC1(C(=O)O)CNc2cc(OC(F)(F)F)ccc2O1. The van der Waals surface area contributed by atoms with Crippen LogP contribution in [0.4, 0.5) is 18.9 Å². The van der Waals surface area contributed by atoms with E-state index in [1.807, 2.05) is 0 Å². The van der Waals surface area contributed by atoms with Crippen LogP contribution in [0.15, 0.2) is 18.2 Å². The fourth-order valence-electron chi connectivity index (χ4n) is 1.60. The number of carboxylic acids is 1. The summed E-state index contributed by atoms with van der Waals surface area (Å²) in [4.78, 5) is 11.0. The monoisotopic (exact) mass is 277 g/mol. The fraction of sp³-hybridized carbons (Fsp3) is 0.364. The topological polar surface area (TPSA) is 67.8 Å². The number of halogens is 3. The summed E-state index contributed by atoms with van der Waals surface area (Å²) in [6.45, 7) is 1.30. The molecule has 0 aromatic heterocycles. The van der Waals surface area contributed by atoms with Gasteiger partial charge in [0.25, 0.3) is 0 Å². The second-order valence-electron chi connectivity index (χ2n) is 4.20. The van der Waals surface area contributed by atoms with Gasteiger partial charge in [0.2, 0.25) is 5.60 Å². The number of carbonyl (C=O) groups is 1. The van der Waals surface area contributed by atoms with Crippen molar-refractivity contribution in [1.29, 1.82) is 0 Å². The van der Waals surface area contributed by atoms with Gasteiger partial charge in [0.1, 0.15) is 11.5 Å². The first-order chi connectivity index (χ1) is 8.70. The van der Waals surface area contributed by atoms with Crippen molar-refractivity contribution in [1.82, 2.24) is 0 Å². The molecule has 2 N–H and O–H groups in total. The van der Waals surface area contributed by atoms with E-state index in [2.05, 4.69) is 10.1 Å². The molecule has 5 nitrogen and oxygen atoms in total. The van der Waals surface area contributed by atoms with Gasteiger partial charge in [0.05, 0.1) is 12.2 Å². The molecule has 0 bridgehead atoms. The smallest absolute Gasteiger partial charge is 0.478 e. The van der Waals surface area contributed by atoms with Gasteiger partial charge in [-0.1, -0.05) is 0 Å². The Balaban J connectivity index is 2.23. The zero-order valence-electron chi connectivity index (χ0n) is 9.75. The van der Waals surface area contributed by atoms with E-state index in [0.29, 0.717) is 0 Å². The van der Waals surface area contributed by atoms with Gasteiger partial charge in [-0.2, -0.15) is 0 Å². The third-order valence-electron chi connectivity index (χ3n) is 2.59. The Morgan fingerprint density at radius 3 is 2.79 bits per heavy atom. The zero-order valence-corrected chi connectivity index (χ0v) is 9.75. The van der Waals surface area contributed by atoms with Gasteiger partial charge >= 0.3 is 12.3 Å². The van der Waals surface area contributed by atoms with Crippen LogP contribution in [-0.4, -0.2) is 29.6 Å². The Hall–Kier alpha value is -2.12. The Kier molecular flexibility index (Phi) is 2.95. The lowest BCUT2D eigenvalue weighted by molar-refractivity contribution is -0.274. The number of hydrogen-bond acceptors (Lipinski definition) is 4. The number of aliphatic carboxylic acids is 1. The molecule has 104 valence electrons. The maximum Gasteiger partial charge on any atom is 0.573 e. The van der Waals surface area contributed by atoms with E-state index < -0.39 is 23.7 Å². The number of benzene rings is 1. The number of alkyl halides is 3. The van der Waals surface area contributed by atoms with Crippen molar-refractivity contribution in [3.63, 3.8) is 0 Å². The van der Waals surface area contributed by atoms with Crippen molar-refractivity contribution in [2.75, 3.05) is 11.9 Å². The lowest BCUT2D eigenvalue weighted by atomic mass is 10.0. The van der Waals surface area contributed by atoms with Crippen molar-refractivity contribution in [3.8, 4) is 11.5 Å². The molecule has 0 saturated carbocycles. The lowest BCUT2D eigenvalue weighted by Gasteiger charge is -2.33. The Labute approximate surface area is 105 Å². The molecule has 2 rings (SSSR count). The number of nitrogens with one attached hydrogen (secondary N) is 1. The maximum absolute atomic E-state index is 12.1. The largest absolute Gasteiger partial charge is 0.573 e. The number of hydrogen-bond donors (Lipinski definition) is 2. The van der Waals surface area contributed by atoms with Crippen LogP contribution in [-0.2, 0) is 4.79 Å². The molecule has 1 aliphatic heterocycles. The quantitative estimate of drug-likeness (QED) is 0.867. The summed E-state index contributed by atoms with van der Waals surface area (Å²) in [6.07, 6.45) is -4.78. The minimum atomic E-state index is -4.78. The fourth-order valence-corrected chi connectivity index (χ4v) is 1.60. The summed E-state index contributed by atoms with van der Waals surface area (Å²) >= 11 is 0. The number of fused-ring (bicyclic) bond motifs is 1. The molecule has 1 atom stereocenters. The highest BCUT2D eigenvalue weighted by Gasteiger charge is 2.39. The van der Waals surface area contributed by atoms with E-state index >= 15 is 0 Å². The average Bonchev–Trinajstić information content (AvgIpc) is 2.27. The molecule has 0 aliphatic carbocycles. The predicted octanol–water partition coefficient (Wildman–Crippen LogP) is 2.23. The summed E-state index contributed by atoms with van der Waals surface area (Å²) in [5.74, 6) is -1.41. The van der Waals surface area contributed by atoms with Gasteiger partial charge < -0.3 is 19.9 Å². The van der Waals surface area contributed by atoms with E-state index in [9.17, 15) is 18.0 Å². The molecule has 1 aromatic rings. The first-order valence-electron chi connectivity index (χ1n) is 5.26. The number of rotatable bonds is 2. The molecule has 1 aromatic carbocycles. The zero-order chi connectivity index (χ0) is 14.3. The van der Waals surface area contributed by atoms with Crippen LogP contribution in [0.1, 0.15) is 6.92 Å². The Morgan fingerprint density at radius 2 is 2.21 bits per heavy atom. The van der Waals surface area contributed by atoms with Gasteiger partial charge in [0, 0.05) is 6.07 Å². The highest BCUT2D eigenvalue weighted by Crippen LogP contribution is 2.37. The van der Waals surface area contributed by atoms with Gasteiger partial charge in [0.15, 0.2) is 0 Å². The molecule has 0 amide bonds. The van der Waals surface area contributed by atoms with Crippen LogP contribution in [0.2, 0.25) is 0 Å². The van der Waals surface area contributed by atoms with Crippen molar-refractivity contribution >= 4 is 11.7 Å². The van der Waals surface area contributed by atoms with E-state index in [1.54, 1.807) is 0 Å². The van der Waals surface area contributed by atoms with Gasteiger partial charge in [-0.05, 0) is 19.1 Å². The standard InChI is InChI=1S/C11H10F3NO4/c1-10(9(16)17)5-15-7-4-6(18-11(12,13)14)2-3-8(7)19-10/h2-4,15H,5H2,1H3,(H,16,17). The minimum absolute atomic E-state index is 0.0647. The summed E-state index contributed by atoms with van der Waals surface area (Å²) in [5, 5.41) is 11.7. The van der Waals surface area contributed by atoms with Crippen LogP contribution in [0, 0.1) is 0 Å². The van der Waals surface area contributed by atoms with Gasteiger partial charge in [-0.3, -0.25) is 0 Å². The van der Waals surface area contributed by atoms with E-state index in [0.717, 1.165) is 12.1 Å². The molecular formula is C11H10F3NO4. The molecule has 1 unspecified atom stereocenters. The normalized spacial score (nSPS) is 21.9. The molecule has 0 saturated heterocycles. The molecule has 0 spiro atoms.